The van der Waals surface area contributed by atoms with Crippen molar-refractivity contribution in [3.05, 3.63) is 29.8 Å². The number of Topliss-reactive ketones (excluding diaryl/α,β-unsaturated/α-hetero) is 1. The third kappa shape index (κ3) is 5.25. The summed E-state index contributed by atoms with van der Waals surface area (Å²) < 4.78 is 5.10. The van der Waals surface area contributed by atoms with Crippen LogP contribution in [0.3, 0.4) is 0 Å². The van der Waals surface area contributed by atoms with Crippen LogP contribution in [0.4, 0.5) is 0 Å². The number of para-hydroxylation sites is 1. The number of hydrogen-bond donors (Lipinski definition) is 2. The summed E-state index contributed by atoms with van der Waals surface area (Å²) in [6, 6.07) is 6.00. The molecule has 0 fully saturated rings. The van der Waals surface area contributed by atoms with E-state index in [0.29, 0.717) is 24.2 Å². The number of ether oxygens (including phenoxy) is 1. The van der Waals surface area contributed by atoms with Crippen LogP contribution in [-0.2, 0) is 9.59 Å². The summed E-state index contributed by atoms with van der Waals surface area (Å²) in [5.41, 5.74) is 0.337. The van der Waals surface area contributed by atoms with Crippen molar-refractivity contribution in [3.8, 4) is 5.75 Å². The highest BCUT2D eigenvalue weighted by Gasteiger charge is 2.20. The molecule has 0 saturated heterocycles. The van der Waals surface area contributed by atoms with Gasteiger partial charge < -0.3 is 15.2 Å². The smallest absolute Gasteiger partial charge is 0.303 e. The Morgan fingerprint density at radius 2 is 1.95 bits per heavy atom. The van der Waals surface area contributed by atoms with Gasteiger partial charge in [-0.1, -0.05) is 12.1 Å². The first-order valence-corrected chi connectivity index (χ1v) is 6.61. The van der Waals surface area contributed by atoms with Crippen LogP contribution in [0.2, 0.25) is 0 Å². The number of carbonyl (C=O) groups is 3. The lowest BCUT2D eigenvalue weighted by Gasteiger charge is -2.16. The van der Waals surface area contributed by atoms with E-state index < -0.39 is 17.9 Å². The highest BCUT2D eigenvalue weighted by Crippen LogP contribution is 2.17. The predicted octanol–water partition coefficient (Wildman–Crippen LogP) is 1.64. The molecule has 6 heteroatoms. The standard InChI is InChI=1S/C15H19NO5/c1-10(17)12(7-5-9-14(18)19)16-15(20)11-6-3-4-8-13(11)21-2/h3-4,6,8,12H,5,7,9H2,1-2H3,(H,16,20)(H,18,19). The number of benzene rings is 1. The number of aliphatic carboxylic acids is 1. The number of carbonyl (C=O) groups excluding carboxylic acids is 2. The van der Waals surface area contributed by atoms with Gasteiger partial charge in [-0.3, -0.25) is 14.4 Å². The van der Waals surface area contributed by atoms with E-state index in [4.69, 9.17) is 9.84 Å². The van der Waals surface area contributed by atoms with Crippen LogP contribution >= 0.6 is 0 Å². The molecule has 2 N–H and O–H groups in total. The van der Waals surface area contributed by atoms with Crippen molar-refractivity contribution in [1.82, 2.24) is 5.32 Å². The number of methoxy groups -OCH3 is 1. The molecule has 0 radical (unpaired) electrons. The quantitative estimate of drug-likeness (QED) is 0.760. The molecule has 0 aliphatic heterocycles. The Kier molecular flexibility index (Phi) is 6.39. The number of ketones is 1. The summed E-state index contributed by atoms with van der Waals surface area (Å²) >= 11 is 0. The molecule has 21 heavy (non-hydrogen) atoms. The lowest BCUT2D eigenvalue weighted by atomic mass is 10.1. The number of rotatable bonds is 8. The largest absolute Gasteiger partial charge is 0.496 e. The molecular formula is C15H19NO5. The minimum Gasteiger partial charge on any atom is -0.496 e. The molecule has 1 amide bonds. The normalized spacial score (nSPS) is 11.5. The maximum absolute atomic E-state index is 12.2. The second kappa shape index (κ2) is 8.04. The van der Waals surface area contributed by atoms with E-state index in [1.165, 1.54) is 14.0 Å². The van der Waals surface area contributed by atoms with Gasteiger partial charge in [0.1, 0.15) is 5.75 Å². The molecule has 1 unspecified atom stereocenters. The zero-order valence-electron chi connectivity index (χ0n) is 12.1. The van der Waals surface area contributed by atoms with Crippen LogP contribution in [-0.4, -0.2) is 35.9 Å². The fraction of sp³-hybridized carbons (Fsp3) is 0.400. The SMILES string of the molecule is COc1ccccc1C(=O)NC(CCCC(=O)O)C(C)=O. The maximum Gasteiger partial charge on any atom is 0.303 e. The molecule has 0 aromatic heterocycles. The average molecular weight is 293 g/mol. The van der Waals surface area contributed by atoms with E-state index in [9.17, 15) is 14.4 Å². The molecule has 0 bridgehead atoms. The van der Waals surface area contributed by atoms with Gasteiger partial charge in [-0.25, -0.2) is 0 Å². The van der Waals surface area contributed by atoms with E-state index in [-0.39, 0.29) is 12.2 Å². The fourth-order valence-electron chi connectivity index (χ4n) is 1.90. The third-order valence-corrected chi connectivity index (χ3v) is 3.03. The van der Waals surface area contributed by atoms with Gasteiger partial charge in [-0.15, -0.1) is 0 Å². The second-order valence-electron chi connectivity index (χ2n) is 4.62. The topological polar surface area (TPSA) is 92.7 Å². The van der Waals surface area contributed by atoms with Crippen molar-refractivity contribution >= 4 is 17.7 Å². The van der Waals surface area contributed by atoms with Crippen molar-refractivity contribution in [2.24, 2.45) is 0 Å². The van der Waals surface area contributed by atoms with Crippen LogP contribution in [0, 0.1) is 0 Å². The molecule has 0 saturated carbocycles. The number of nitrogens with one attached hydrogen (secondary N) is 1. The van der Waals surface area contributed by atoms with Gasteiger partial charge in [-0.2, -0.15) is 0 Å². The van der Waals surface area contributed by atoms with Gasteiger partial charge in [-0.05, 0) is 31.9 Å². The average Bonchev–Trinajstić information content (AvgIpc) is 2.45. The first-order chi connectivity index (χ1) is 9.95. The molecule has 6 nitrogen and oxygen atoms in total. The van der Waals surface area contributed by atoms with Crippen molar-refractivity contribution in [2.45, 2.75) is 32.2 Å². The molecule has 0 spiro atoms. The molecular weight excluding hydrogens is 274 g/mol. The van der Waals surface area contributed by atoms with Gasteiger partial charge in [0.15, 0.2) is 5.78 Å². The summed E-state index contributed by atoms with van der Waals surface area (Å²) in [5.74, 6) is -1.12. The zero-order valence-corrected chi connectivity index (χ0v) is 12.1. The van der Waals surface area contributed by atoms with Crippen LogP contribution in [0.5, 0.6) is 5.75 Å². The Balaban J connectivity index is 2.72. The number of carboxylic acids is 1. The van der Waals surface area contributed by atoms with Crippen molar-refractivity contribution < 1.29 is 24.2 Å². The van der Waals surface area contributed by atoms with Gasteiger partial charge in [0.2, 0.25) is 0 Å². The summed E-state index contributed by atoms with van der Waals surface area (Å²) in [6.45, 7) is 1.37. The summed E-state index contributed by atoms with van der Waals surface area (Å²) in [4.78, 5) is 34.2. The summed E-state index contributed by atoms with van der Waals surface area (Å²) in [7, 11) is 1.46. The highest BCUT2D eigenvalue weighted by atomic mass is 16.5. The minimum absolute atomic E-state index is 0.0334. The van der Waals surface area contributed by atoms with Crippen LogP contribution < -0.4 is 10.1 Å². The van der Waals surface area contributed by atoms with Gasteiger partial charge in [0.05, 0.1) is 18.7 Å². The summed E-state index contributed by atoms with van der Waals surface area (Å²) in [5, 5.41) is 11.2. The Labute approximate surface area is 123 Å². The first kappa shape index (κ1) is 16.7. The number of amides is 1. The molecule has 1 rings (SSSR count). The Bertz CT molecular complexity index is 527. The van der Waals surface area contributed by atoms with Gasteiger partial charge in [0.25, 0.3) is 5.91 Å². The first-order valence-electron chi connectivity index (χ1n) is 6.61. The highest BCUT2D eigenvalue weighted by molar-refractivity contribution is 5.99. The van der Waals surface area contributed by atoms with E-state index in [1.54, 1.807) is 24.3 Å². The Morgan fingerprint density at radius 3 is 2.52 bits per heavy atom. The van der Waals surface area contributed by atoms with E-state index in [2.05, 4.69) is 5.32 Å². The molecule has 0 aliphatic carbocycles. The molecule has 1 aromatic carbocycles. The molecule has 114 valence electrons. The third-order valence-electron chi connectivity index (χ3n) is 3.03. The zero-order chi connectivity index (χ0) is 15.8. The maximum atomic E-state index is 12.2. The fourth-order valence-corrected chi connectivity index (χ4v) is 1.90. The minimum atomic E-state index is -0.923. The molecule has 1 atom stereocenters. The van der Waals surface area contributed by atoms with Crippen LogP contribution in [0.1, 0.15) is 36.5 Å². The van der Waals surface area contributed by atoms with Gasteiger partial charge >= 0.3 is 5.97 Å². The van der Waals surface area contributed by atoms with E-state index >= 15 is 0 Å². The molecule has 0 heterocycles. The Morgan fingerprint density at radius 1 is 1.29 bits per heavy atom. The van der Waals surface area contributed by atoms with Crippen LogP contribution in [0.15, 0.2) is 24.3 Å². The Hall–Kier alpha value is -2.37. The van der Waals surface area contributed by atoms with E-state index in [1.807, 2.05) is 0 Å². The van der Waals surface area contributed by atoms with Crippen molar-refractivity contribution in [3.63, 3.8) is 0 Å². The summed E-state index contributed by atoms with van der Waals surface area (Å²) in [6.07, 6.45) is 0.586. The van der Waals surface area contributed by atoms with Gasteiger partial charge in [0, 0.05) is 6.42 Å². The van der Waals surface area contributed by atoms with Crippen LogP contribution in [0.25, 0.3) is 0 Å². The number of carboxylic acid groups (broad SMARTS) is 1. The number of hydrogen-bond acceptors (Lipinski definition) is 4. The monoisotopic (exact) mass is 293 g/mol. The van der Waals surface area contributed by atoms with Crippen molar-refractivity contribution in [2.75, 3.05) is 7.11 Å². The lowest BCUT2D eigenvalue weighted by Crippen LogP contribution is -2.39. The van der Waals surface area contributed by atoms with Crippen molar-refractivity contribution in [1.29, 1.82) is 0 Å². The molecule has 1 aromatic rings. The predicted molar refractivity (Wildman–Crippen MR) is 76.4 cm³/mol. The lowest BCUT2D eigenvalue weighted by molar-refractivity contribution is -0.137. The van der Waals surface area contributed by atoms with E-state index in [0.717, 1.165) is 0 Å². The second-order valence-corrected chi connectivity index (χ2v) is 4.62. The molecule has 0 aliphatic rings.